The van der Waals surface area contributed by atoms with Gasteiger partial charge >= 0.3 is 0 Å². The molecule has 0 N–H and O–H groups in total. The van der Waals surface area contributed by atoms with Crippen LogP contribution < -0.4 is 4.74 Å². The average molecular weight is 278 g/mol. The first-order chi connectivity index (χ1) is 6.57. The Balaban J connectivity index is 3.20. The van der Waals surface area contributed by atoms with Crippen LogP contribution in [-0.4, -0.2) is 12.9 Å². The molecule has 1 aromatic carbocycles. The fraction of sp³-hybridized carbons (Fsp3) is 0.300. The number of Topliss-reactive ketones (excluding diaryl/α,β-unsaturated/α-hetero) is 1. The molecule has 1 rings (SSSR count). The van der Waals surface area contributed by atoms with Crippen LogP contribution in [0.4, 0.5) is 0 Å². The van der Waals surface area contributed by atoms with Crippen LogP contribution in [0.1, 0.15) is 17.9 Å². The van der Waals surface area contributed by atoms with Gasteiger partial charge in [0.25, 0.3) is 0 Å². The van der Waals surface area contributed by atoms with E-state index < -0.39 is 5.38 Å². The van der Waals surface area contributed by atoms with E-state index in [4.69, 9.17) is 16.3 Å². The predicted molar refractivity (Wildman–Crippen MR) is 60.0 cm³/mol. The maximum atomic E-state index is 11.1. The Morgan fingerprint density at radius 1 is 1.57 bits per heavy atom. The molecule has 4 heteroatoms. The standard InChI is InChI=1S/C10H10BrClO2/c1-6(13)9(12)7-4-3-5-8(11)10(7)14-2/h3-5,9H,1-2H3. The predicted octanol–water partition coefficient (Wildman–Crippen LogP) is 3.33. The van der Waals surface area contributed by atoms with Crippen LogP contribution in [-0.2, 0) is 4.79 Å². The Labute approximate surface area is 96.3 Å². The summed E-state index contributed by atoms with van der Waals surface area (Å²) in [5.74, 6) is 0.519. The van der Waals surface area contributed by atoms with Gasteiger partial charge in [-0.3, -0.25) is 4.79 Å². The fourth-order valence-corrected chi connectivity index (χ4v) is 1.87. The minimum absolute atomic E-state index is 0.0944. The van der Waals surface area contributed by atoms with Gasteiger partial charge in [0.15, 0.2) is 5.78 Å². The third-order valence-corrected chi connectivity index (χ3v) is 3.00. The number of alkyl halides is 1. The highest BCUT2D eigenvalue weighted by Crippen LogP contribution is 2.35. The zero-order valence-electron chi connectivity index (χ0n) is 7.88. The van der Waals surface area contributed by atoms with Gasteiger partial charge in [-0.25, -0.2) is 0 Å². The van der Waals surface area contributed by atoms with E-state index in [1.807, 2.05) is 12.1 Å². The summed E-state index contributed by atoms with van der Waals surface area (Å²) in [7, 11) is 1.55. The number of benzene rings is 1. The number of hydrogen-bond donors (Lipinski definition) is 0. The van der Waals surface area contributed by atoms with Crippen molar-refractivity contribution in [2.75, 3.05) is 7.11 Å². The van der Waals surface area contributed by atoms with E-state index in [0.29, 0.717) is 11.3 Å². The van der Waals surface area contributed by atoms with Crippen LogP contribution in [0.5, 0.6) is 5.75 Å². The molecule has 0 aliphatic rings. The van der Waals surface area contributed by atoms with Crippen LogP contribution in [0.3, 0.4) is 0 Å². The van der Waals surface area contributed by atoms with E-state index in [2.05, 4.69) is 15.9 Å². The number of ether oxygens (including phenoxy) is 1. The van der Waals surface area contributed by atoms with E-state index in [1.165, 1.54) is 6.92 Å². The topological polar surface area (TPSA) is 26.3 Å². The Morgan fingerprint density at radius 2 is 2.21 bits per heavy atom. The summed E-state index contributed by atoms with van der Waals surface area (Å²) in [6, 6.07) is 5.44. The summed E-state index contributed by atoms with van der Waals surface area (Å²) in [4.78, 5) is 11.1. The van der Waals surface area contributed by atoms with Crippen LogP contribution in [0.25, 0.3) is 0 Å². The normalized spacial score (nSPS) is 12.3. The summed E-state index contributed by atoms with van der Waals surface area (Å²) in [5, 5.41) is -0.651. The molecule has 0 saturated carbocycles. The molecule has 0 aromatic heterocycles. The lowest BCUT2D eigenvalue weighted by atomic mass is 10.1. The SMILES string of the molecule is COc1c(Br)cccc1C(Cl)C(C)=O. The molecule has 14 heavy (non-hydrogen) atoms. The number of hydrogen-bond acceptors (Lipinski definition) is 2. The van der Waals surface area contributed by atoms with Crippen LogP contribution in [0, 0.1) is 0 Å². The summed E-state index contributed by atoms with van der Waals surface area (Å²) in [6.07, 6.45) is 0. The maximum Gasteiger partial charge on any atom is 0.152 e. The highest BCUT2D eigenvalue weighted by Gasteiger charge is 2.18. The van der Waals surface area contributed by atoms with Crippen molar-refractivity contribution < 1.29 is 9.53 Å². The van der Waals surface area contributed by atoms with Gasteiger partial charge in [-0.05, 0) is 28.9 Å². The lowest BCUT2D eigenvalue weighted by molar-refractivity contribution is -0.116. The Morgan fingerprint density at radius 3 is 2.71 bits per heavy atom. The van der Waals surface area contributed by atoms with Gasteiger partial charge in [0.1, 0.15) is 11.1 Å². The highest BCUT2D eigenvalue weighted by atomic mass is 79.9. The van der Waals surface area contributed by atoms with Crippen molar-refractivity contribution in [1.82, 2.24) is 0 Å². The number of ketones is 1. The molecule has 2 nitrogen and oxygen atoms in total. The largest absolute Gasteiger partial charge is 0.495 e. The van der Waals surface area contributed by atoms with E-state index in [1.54, 1.807) is 13.2 Å². The van der Waals surface area contributed by atoms with Crippen LogP contribution in [0.15, 0.2) is 22.7 Å². The molecule has 0 radical (unpaired) electrons. The molecule has 0 fully saturated rings. The van der Waals surface area contributed by atoms with Gasteiger partial charge in [0.05, 0.1) is 11.6 Å². The number of carbonyl (C=O) groups excluding carboxylic acids is 1. The number of carbonyl (C=O) groups is 1. The second kappa shape index (κ2) is 4.80. The van der Waals surface area contributed by atoms with Crippen molar-refractivity contribution in [3.05, 3.63) is 28.2 Å². The van der Waals surface area contributed by atoms with Gasteiger partial charge < -0.3 is 4.74 Å². The molecule has 0 aliphatic carbocycles. The summed E-state index contributed by atoms with van der Waals surface area (Å²) in [5.41, 5.74) is 0.691. The van der Waals surface area contributed by atoms with E-state index in [-0.39, 0.29) is 5.78 Å². The molecular weight excluding hydrogens is 267 g/mol. The van der Waals surface area contributed by atoms with Crippen LogP contribution >= 0.6 is 27.5 Å². The Hall–Kier alpha value is -0.540. The molecule has 0 spiro atoms. The minimum atomic E-state index is -0.651. The van der Waals surface area contributed by atoms with E-state index in [9.17, 15) is 4.79 Å². The van der Waals surface area contributed by atoms with Gasteiger partial charge in [0.2, 0.25) is 0 Å². The summed E-state index contributed by atoms with van der Waals surface area (Å²) in [6.45, 7) is 1.46. The Bertz CT molecular complexity index is 352. The lowest BCUT2D eigenvalue weighted by Crippen LogP contribution is -2.04. The smallest absolute Gasteiger partial charge is 0.152 e. The number of methoxy groups -OCH3 is 1. The third-order valence-electron chi connectivity index (χ3n) is 1.83. The van der Waals surface area contributed by atoms with Crippen molar-refractivity contribution in [3.8, 4) is 5.75 Å². The second-order valence-electron chi connectivity index (χ2n) is 2.84. The van der Waals surface area contributed by atoms with Crippen molar-refractivity contribution in [3.63, 3.8) is 0 Å². The highest BCUT2D eigenvalue weighted by molar-refractivity contribution is 9.10. The van der Waals surface area contributed by atoms with Gasteiger partial charge in [-0.2, -0.15) is 0 Å². The van der Waals surface area contributed by atoms with Crippen molar-refractivity contribution >= 4 is 33.3 Å². The maximum absolute atomic E-state index is 11.1. The molecular formula is C10H10BrClO2. The summed E-state index contributed by atoms with van der Waals surface area (Å²) >= 11 is 9.28. The molecule has 0 saturated heterocycles. The number of halogens is 2. The second-order valence-corrected chi connectivity index (χ2v) is 4.13. The molecule has 1 unspecified atom stereocenters. The Kier molecular flexibility index (Phi) is 3.96. The van der Waals surface area contributed by atoms with E-state index in [0.717, 1.165) is 4.47 Å². The third kappa shape index (κ3) is 2.28. The zero-order chi connectivity index (χ0) is 10.7. The number of rotatable bonds is 3. The quantitative estimate of drug-likeness (QED) is 0.792. The van der Waals surface area contributed by atoms with Crippen LogP contribution in [0.2, 0.25) is 0 Å². The van der Waals surface area contributed by atoms with Crippen molar-refractivity contribution in [2.24, 2.45) is 0 Å². The first-order valence-electron chi connectivity index (χ1n) is 4.05. The molecule has 0 heterocycles. The molecule has 0 bridgehead atoms. The summed E-state index contributed by atoms with van der Waals surface area (Å²) < 4.78 is 5.96. The molecule has 1 atom stereocenters. The van der Waals surface area contributed by atoms with Crippen molar-refractivity contribution in [1.29, 1.82) is 0 Å². The molecule has 0 aliphatic heterocycles. The monoisotopic (exact) mass is 276 g/mol. The van der Waals surface area contributed by atoms with E-state index >= 15 is 0 Å². The van der Waals surface area contributed by atoms with Gasteiger partial charge in [-0.1, -0.05) is 12.1 Å². The first-order valence-corrected chi connectivity index (χ1v) is 5.27. The van der Waals surface area contributed by atoms with Gasteiger partial charge in [0, 0.05) is 5.56 Å². The lowest BCUT2D eigenvalue weighted by Gasteiger charge is -2.12. The average Bonchev–Trinajstić information content (AvgIpc) is 2.16. The first kappa shape index (κ1) is 11.5. The van der Waals surface area contributed by atoms with Gasteiger partial charge in [-0.15, -0.1) is 11.6 Å². The fourth-order valence-electron chi connectivity index (χ4n) is 1.16. The zero-order valence-corrected chi connectivity index (χ0v) is 10.2. The molecule has 0 amide bonds. The molecule has 1 aromatic rings. The van der Waals surface area contributed by atoms with Crippen molar-refractivity contribution in [2.45, 2.75) is 12.3 Å². The number of para-hydroxylation sites is 1. The minimum Gasteiger partial charge on any atom is -0.495 e. The molecule has 76 valence electrons.